The lowest BCUT2D eigenvalue weighted by molar-refractivity contribution is -0.884. The first kappa shape index (κ1) is 20.2. The summed E-state index contributed by atoms with van der Waals surface area (Å²) >= 11 is 0. The molecule has 6 nitrogen and oxygen atoms in total. The van der Waals surface area contributed by atoms with Gasteiger partial charge in [0.15, 0.2) is 12.5 Å². The third-order valence-electron chi connectivity index (χ3n) is 3.11. The first-order valence-electron chi connectivity index (χ1n) is 7.29. The van der Waals surface area contributed by atoms with Crippen molar-refractivity contribution < 1.29 is 23.2 Å². The van der Waals surface area contributed by atoms with Crippen molar-refractivity contribution in [1.29, 1.82) is 0 Å². The van der Waals surface area contributed by atoms with Crippen molar-refractivity contribution in [3.05, 3.63) is 0 Å². The molecule has 0 aliphatic rings. The summed E-state index contributed by atoms with van der Waals surface area (Å²) in [4.78, 5) is 22.8. The molecule has 0 aromatic heterocycles. The summed E-state index contributed by atoms with van der Waals surface area (Å²) in [6.45, 7) is 7.14. The van der Waals surface area contributed by atoms with E-state index in [4.69, 9.17) is 9.16 Å². The van der Waals surface area contributed by atoms with Gasteiger partial charge >= 0.3 is 0 Å². The highest BCUT2D eigenvalue weighted by Crippen LogP contribution is 2.04. The lowest BCUT2D eigenvalue weighted by Crippen LogP contribution is -2.50. The number of likely N-dealkylation sites (N-methyl/N-ethyl adjacent to an activating group) is 1. The Morgan fingerprint density at radius 3 is 2.38 bits per heavy atom. The van der Waals surface area contributed by atoms with Gasteiger partial charge in [-0.2, -0.15) is 0 Å². The van der Waals surface area contributed by atoms with Gasteiger partial charge in [0.2, 0.25) is 14.2 Å². The van der Waals surface area contributed by atoms with Crippen LogP contribution in [0, 0.1) is 0 Å². The SMILES string of the molecule is CO[Si](C)(C)COCCCC(=O)C[N+](C)(C)CNC(C)=O. The van der Waals surface area contributed by atoms with Gasteiger partial charge in [-0.15, -0.1) is 0 Å². The van der Waals surface area contributed by atoms with Crippen LogP contribution in [-0.4, -0.2) is 71.7 Å². The third kappa shape index (κ3) is 11.6. The van der Waals surface area contributed by atoms with Crippen LogP contribution in [0.3, 0.4) is 0 Å². The van der Waals surface area contributed by atoms with Gasteiger partial charge in [-0.25, -0.2) is 0 Å². The van der Waals surface area contributed by atoms with Gasteiger partial charge in [0, 0.05) is 27.1 Å². The zero-order valence-electron chi connectivity index (χ0n) is 14.3. The van der Waals surface area contributed by atoms with E-state index >= 15 is 0 Å². The number of rotatable bonds is 11. The van der Waals surface area contributed by atoms with Gasteiger partial charge in [-0.1, -0.05) is 0 Å². The fourth-order valence-electron chi connectivity index (χ4n) is 1.69. The number of hydrogen-bond donors (Lipinski definition) is 1. The van der Waals surface area contributed by atoms with Gasteiger partial charge in [0.1, 0.15) is 6.54 Å². The molecule has 0 heterocycles. The minimum atomic E-state index is -1.66. The Morgan fingerprint density at radius 2 is 1.86 bits per heavy atom. The van der Waals surface area contributed by atoms with Gasteiger partial charge in [0.05, 0.1) is 20.3 Å². The van der Waals surface area contributed by atoms with Gasteiger partial charge < -0.3 is 19.0 Å². The normalized spacial score (nSPS) is 12.3. The van der Waals surface area contributed by atoms with Gasteiger partial charge in [0.25, 0.3) is 0 Å². The van der Waals surface area contributed by atoms with Crippen LogP contribution in [0.25, 0.3) is 0 Å². The Morgan fingerprint density at radius 1 is 1.24 bits per heavy atom. The molecule has 1 N–H and O–H groups in total. The number of nitrogens with zero attached hydrogens (tertiary/aromatic N) is 1. The number of quaternary nitrogens is 1. The molecule has 0 bridgehead atoms. The fraction of sp³-hybridized carbons (Fsp3) is 0.857. The maximum Gasteiger partial charge on any atom is 0.221 e. The maximum absolute atomic E-state index is 11.9. The van der Waals surface area contributed by atoms with Crippen LogP contribution in [0.15, 0.2) is 0 Å². The molecule has 7 heteroatoms. The Labute approximate surface area is 129 Å². The molecule has 0 rings (SSSR count). The molecule has 0 aliphatic carbocycles. The number of carbonyl (C=O) groups is 2. The third-order valence-corrected chi connectivity index (χ3v) is 5.11. The molecule has 0 radical (unpaired) electrons. The summed E-state index contributed by atoms with van der Waals surface area (Å²) in [5, 5.41) is 2.74. The summed E-state index contributed by atoms with van der Waals surface area (Å²) in [5.41, 5.74) is 0. The second-order valence-corrected chi connectivity index (χ2v) is 10.9. The van der Waals surface area contributed by atoms with Crippen LogP contribution in [-0.2, 0) is 18.8 Å². The summed E-state index contributed by atoms with van der Waals surface area (Å²) in [6.07, 6.45) is 1.89. The Hall–Kier alpha value is -0.763. The van der Waals surface area contributed by atoms with E-state index < -0.39 is 8.32 Å². The molecule has 0 saturated carbocycles. The number of ether oxygens (including phenoxy) is 1. The highest BCUT2D eigenvalue weighted by Gasteiger charge is 2.21. The van der Waals surface area contributed by atoms with Crippen molar-refractivity contribution in [3.8, 4) is 0 Å². The summed E-state index contributed by atoms with van der Waals surface area (Å²) in [6, 6.07) is 0. The molecular formula is C14H31N2O4Si+. The summed E-state index contributed by atoms with van der Waals surface area (Å²) in [7, 11) is 3.91. The Kier molecular flexibility index (Phi) is 8.96. The van der Waals surface area contributed by atoms with Gasteiger partial charge in [-0.05, 0) is 19.5 Å². The van der Waals surface area contributed by atoms with Crippen molar-refractivity contribution in [1.82, 2.24) is 5.32 Å². The highest BCUT2D eigenvalue weighted by atomic mass is 28.4. The first-order chi connectivity index (χ1) is 9.58. The number of amides is 1. The van der Waals surface area contributed by atoms with Crippen LogP contribution in [0.2, 0.25) is 13.1 Å². The van der Waals surface area contributed by atoms with E-state index in [1.807, 2.05) is 14.1 Å². The number of ketones is 1. The molecule has 0 spiro atoms. The first-order valence-corrected chi connectivity index (χ1v) is 10.4. The molecule has 0 aromatic carbocycles. The molecular weight excluding hydrogens is 288 g/mol. The van der Waals surface area contributed by atoms with E-state index in [0.717, 1.165) is 6.42 Å². The zero-order valence-corrected chi connectivity index (χ0v) is 15.3. The smallest absolute Gasteiger partial charge is 0.221 e. The Balaban J connectivity index is 3.82. The molecule has 0 saturated heterocycles. The predicted molar refractivity (Wildman–Crippen MR) is 85.2 cm³/mol. The molecule has 0 fully saturated rings. The number of carbonyl (C=O) groups excluding carboxylic acids is 2. The van der Waals surface area contributed by atoms with E-state index in [1.54, 1.807) is 7.11 Å². The largest absolute Gasteiger partial charge is 0.418 e. The number of nitrogens with one attached hydrogen (secondary N) is 1. The molecule has 0 aromatic rings. The highest BCUT2D eigenvalue weighted by molar-refractivity contribution is 6.71. The van der Waals surface area contributed by atoms with Crippen molar-refractivity contribution in [2.45, 2.75) is 32.9 Å². The van der Waals surface area contributed by atoms with E-state index in [9.17, 15) is 9.59 Å². The van der Waals surface area contributed by atoms with Crippen molar-refractivity contribution in [2.24, 2.45) is 0 Å². The molecule has 21 heavy (non-hydrogen) atoms. The van der Waals surface area contributed by atoms with Crippen molar-refractivity contribution >= 4 is 20.0 Å². The summed E-state index contributed by atoms with van der Waals surface area (Å²) in [5.74, 6) is 0.115. The van der Waals surface area contributed by atoms with Gasteiger partial charge in [-0.3, -0.25) is 9.59 Å². The lowest BCUT2D eigenvalue weighted by atomic mass is 10.2. The van der Waals surface area contributed by atoms with E-state index in [0.29, 0.717) is 37.0 Å². The standard InChI is InChI=1S/C14H30N2O4Si/c1-13(17)15-11-16(2,3)10-14(18)8-7-9-20-12-21(5,6)19-4/h7-12H2,1-6H3/p+1. The van der Waals surface area contributed by atoms with Crippen molar-refractivity contribution in [3.63, 3.8) is 0 Å². The van der Waals surface area contributed by atoms with E-state index in [1.165, 1.54) is 6.92 Å². The molecule has 0 unspecified atom stereocenters. The minimum Gasteiger partial charge on any atom is -0.418 e. The van der Waals surface area contributed by atoms with E-state index in [2.05, 4.69) is 18.4 Å². The maximum atomic E-state index is 11.9. The van der Waals surface area contributed by atoms with E-state index in [-0.39, 0.29) is 11.7 Å². The average molecular weight is 319 g/mol. The van der Waals surface area contributed by atoms with Crippen LogP contribution in [0.4, 0.5) is 0 Å². The fourth-order valence-corrected chi connectivity index (χ4v) is 2.44. The summed E-state index contributed by atoms with van der Waals surface area (Å²) < 4.78 is 11.4. The van der Waals surface area contributed by atoms with Crippen LogP contribution >= 0.6 is 0 Å². The molecule has 0 atom stereocenters. The van der Waals surface area contributed by atoms with Crippen LogP contribution in [0.1, 0.15) is 19.8 Å². The quantitative estimate of drug-likeness (QED) is 0.266. The zero-order chi connectivity index (χ0) is 16.5. The monoisotopic (exact) mass is 319 g/mol. The predicted octanol–water partition coefficient (Wildman–Crippen LogP) is 0.913. The van der Waals surface area contributed by atoms with Crippen molar-refractivity contribution in [2.75, 3.05) is 47.3 Å². The second-order valence-electron chi connectivity index (χ2n) is 6.64. The topological polar surface area (TPSA) is 64.6 Å². The molecule has 0 aliphatic heterocycles. The Bertz CT molecular complexity index is 346. The molecule has 1 amide bonds. The minimum absolute atomic E-state index is 0.0769. The molecule has 124 valence electrons. The lowest BCUT2D eigenvalue weighted by Gasteiger charge is -2.28. The van der Waals surface area contributed by atoms with Crippen LogP contribution in [0.5, 0.6) is 0 Å². The second kappa shape index (κ2) is 9.29. The number of Topliss-reactive ketones (excluding diaryl/α,β-unsaturated/α-hetero) is 1. The van der Waals surface area contributed by atoms with Crippen LogP contribution < -0.4 is 5.32 Å². The average Bonchev–Trinajstić information content (AvgIpc) is 2.35. The number of hydrogen-bond acceptors (Lipinski definition) is 4.